The van der Waals surface area contributed by atoms with Crippen LogP contribution >= 0.6 is 11.6 Å². The van der Waals surface area contributed by atoms with Gasteiger partial charge in [0, 0.05) is 30.2 Å². The number of hydrogen-bond donors (Lipinski definition) is 1. The molecule has 0 unspecified atom stereocenters. The summed E-state index contributed by atoms with van der Waals surface area (Å²) in [5.41, 5.74) is 0.710. The molecule has 0 saturated carbocycles. The molecule has 1 aromatic carbocycles. The van der Waals surface area contributed by atoms with Gasteiger partial charge in [-0.05, 0) is 45.4 Å². The van der Waals surface area contributed by atoms with Crippen LogP contribution in [0.25, 0.3) is 0 Å². The Bertz CT molecular complexity index is 507. The second-order valence-corrected chi connectivity index (χ2v) is 6.96. The molecule has 1 fully saturated rings. The summed E-state index contributed by atoms with van der Waals surface area (Å²) >= 11 is 6.00. The molecule has 5 heteroatoms. The fourth-order valence-corrected chi connectivity index (χ4v) is 2.48. The Labute approximate surface area is 131 Å². The lowest BCUT2D eigenvalue weighted by Gasteiger charge is -2.41. The lowest BCUT2D eigenvalue weighted by atomic mass is 10.0. The first-order valence-electron chi connectivity index (χ1n) is 7.24. The third kappa shape index (κ3) is 4.61. The van der Waals surface area contributed by atoms with Crippen molar-refractivity contribution in [3.05, 3.63) is 34.9 Å². The summed E-state index contributed by atoms with van der Waals surface area (Å²) in [6, 6.07) is 8.33. The summed E-state index contributed by atoms with van der Waals surface area (Å²) in [5.74, 6) is 0. The average molecular weight is 311 g/mol. The van der Waals surface area contributed by atoms with Crippen molar-refractivity contribution in [3.63, 3.8) is 0 Å². The Kier molecular flexibility index (Phi) is 4.79. The van der Waals surface area contributed by atoms with E-state index in [-0.39, 0.29) is 12.1 Å². The molecular formula is C16H23ClN2O2. The predicted octanol–water partition coefficient (Wildman–Crippen LogP) is 3.61. The number of ether oxygens (including phenoxy) is 1. The van der Waals surface area contributed by atoms with E-state index in [0.717, 1.165) is 10.6 Å². The van der Waals surface area contributed by atoms with Gasteiger partial charge in [0.15, 0.2) is 0 Å². The van der Waals surface area contributed by atoms with Crippen LogP contribution in [0.15, 0.2) is 24.3 Å². The fraction of sp³-hybridized carbons (Fsp3) is 0.562. The molecule has 0 spiro atoms. The molecule has 1 aliphatic heterocycles. The van der Waals surface area contributed by atoms with Gasteiger partial charge in [-0.2, -0.15) is 0 Å². The molecule has 1 aliphatic rings. The van der Waals surface area contributed by atoms with E-state index in [1.807, 2.05) is 45.0 Å². The topological polar surface area (TPSA) is 41.6 Å². The Morgan fingerprint density at radius 2 is 2.10 bits per heavy atom. The number of nitrogens with one attached hydrogen (secondary N) is 1. The maximum absolute atomic E-state index is 11.8. The van der Waals surface area contributed by atoms with Gasteiger partial charge in [0.2, 0.25) is 0 Å². The zero-order valence-corrected chi connectivity index (χ0v) is 13.8. The summed E-state index contributed by atoms with van der Waals surface area (Å²) < 4.78 is 5.34. The van der Waals surface area contributed by atoms with Crippen LogP contribution in [0.5, 0.6) is 0 Å². The molecule has 21 heavy (non-hydrogen) atoms. The molecule has 1 atom stereocenters. The third-order valence-corrected chi connectivity index (χ3v) is 3.60. The zero-order valence-electron chi connectivity index (χ0n) is 13.0. The van der Waals surface area contributed by atoms with Gasteiger partial charge in [0.05, 0.1) is 0 Å². The summed E-state index contributed by atoms with van der Waals surface area (Å²) in [5, 5.41) is 4.24. The third-order valence-electron chi connectivity index (χ3n) is 3.37. The number of carbonyl (C=O) groups is 1. The van der Waals surface area contributed by atoms with E-state index >= 15 is 0 Å². The highest BCUT2D eigenvalue weighted by molar-refractivity contribution is 6.30. The van der Waals surface area contributed by atoms with E-state index in [4.69, 9.17) is 16.3 Å². The van der Waals surface area contributed by atoms with Crippen molar-refractivity contribution in [3.8, 4) is 0 Å². The zero-order chi connectivity index (χ0) is 15.6. The smallest absolute Gasteiger partial charge is 0.410 e. The molecule has 0 radical (unpaired) electrons. The number of rotatable bonds is 3. The van der Waals surface area contributed by atoms with Crippen LogP contribution in [0.3, 0.4) is 0 Å². The average Bonchev–Trinajstić information content (AvgIpc) is 2.30. The SMILES string of the molecule is C[C@H](NC1CN(C(=O)OC(C)(C)C)C1)c1cccc(Cl)c1. The molecule has 1 saturated heterocycles. The summed E-state index contributed by atoms with van der Waals surface area (Å²) in [7, 11) is 0. The lowest BCUT2D eigenvalue weighted by Crippen LogP contribution is -2.60. The monoisotopic (exact) mass is 310 g/mol. The first kappa shape index (κ1) is 16.1. The number of hydrogen-bond acceptors (Lipinski definition) is 3. The van der Waals surface area contributed by atoms with Gasteiger partial charge < -0.3 is 15.0 Å². The summed E-state index contributed by atoms with van der Waals surface area (Å²) in [6.07, 6.45) is -0.240. The van der Waals surface area contributed by atoms with Gasteiger partial charge in [0.25, 0.3) is 0 Å². The second-order valence-electron chi connectivity index (χ2n) is 6.53. The van der Waals surface area contributed by atoms with E-state index in [1.54, 1.807) is 4.90 Å². The minimum atomic E-state index is -0.441. The summed E-state index contributed by atoms with van der Waals surface area (Å²) in [4.78, 5) is 13.6. The highest BCUT2D eigenvalue weighted by Gasteiger charge is 2.34. The minimum absolute atomic E-state index is 0.203. The molecule has 1 aromatic rings. The van der Waals surface area contributed by atoms with Crippen molar-refractivity contribution < 1.29 is 9.53 Å². The van der Waals surface area contributed by atoms with Gasteiger partial charge in [-0.25, -0.2) is 4.79 Å². The van der Waals surface area contributed by atoms with E-state index in [2.05, 4.69) is 12.2 Å². The quantitative estimate of drug-likeness (QED) is 0.927. The Morgan fingerprint density at radius 3 is 2.67 bits per heavy atom. The molecule has 116 valence electrons. The van der Waals surface area contributed by atoms with E-state index < -0.39 is 5.60 Å². The van der Waals surface area contributed by atoms with E-state index in [1.165, 1.54) is 0 Å². The normalized spacial score (nSPS) is 17.3. The molecule has 1 N–H and O–H groups in total. The largest absolute Gasteiger partial charge is 0.444 e. The fourth-order valence-electron chi connectivity index (χ4n) is 2.29. The van der Waals surface area contributed by atoms with Crippen molar-refractivity contribution in [1.82, 2.24) is 10.2 Å². The van der Waals surface area contributed by atoms with E-state index in [0.29, 0.717) is 19.1 Å². The van der Waals surface area contributed by atoms with Crippen molar-refractivity contribution in [2.24, 2.45) is 0 Å². The van der Waals surface area contributed by atoms with Crippen LogP contribution in [-0.2, 0) is 4.74 Å². The van der Waals surface area contributed by atoms with Crippen LogP contribution in [0.2, 0.25) is 5.02 Å². The first-order chi connectivity index (χ1) is 9.74. The van der Waals surface area contributed by atoms with Gasteiger partial charge in [-0.15, -0.1) is 0 Å². The maximum Gasteiger partial charge on any atom is 0.410 e. The van der Waals surface area contributed by atoms with Crippen LogP contribution in [0, 0.1) is 0 Å². The Balaban J connectivity index is 1.79. The van der Waals surface area contributed by atoms with Crippen molar-refractivity contribution in [2.45, 2.75) is 45.4 Å². The molecule has 4 nitrogen and oxygen atoms in total. The number of halogens is 1. The van der Waals surface area contributed by atoms with Gasteiger partial charge >= 0.3 is 6.09 Å². The molecule has 0 bridgehead atoms. The number of benzene rings is 1. The maximum atomic E-state index is 11.8. The minimum Gasteiger partial charge on any atom is -0.444 e. The van der Waals surface area contributed by atoms with Gasteiger partial charge in [-0.1, -0.05) is 23.7 Å². The molecular weight excluding hydrogens is 288 g/mol. The number of likely N-dealkylation sites (tertiary alicyclic amines) is 1. The lowest BCUT2D eigenvalue weighted by molar-refractivity contribution is 0.00434. The molecule has 1 heterocycles. The Hall–Kier alpha value is -1.26. The van der Waals surface area contributed by atoms with Crippen molar-refractivity contribution >= 4 is 17.7 Å². The number of amides is 1. The van der Waals surface area contributed by atoms with Crippen molar-refractivity contribution in [1.29, 1.82) is 0 Å². The highest BCUT2D eigenvalue weighted by Crippen LogP contribution is 2.21. The molecule has 1 amide bonds. The van der Waals surface area contributed by atoms with Crippen LogP contribution in [0.1, 0.15) is 39.3 Å². The summed E-state index contributed by atoms with van der Waals surface area (Å²) in [6.45, 7) is 9.09. The first-order valence-corrected chi connectivity index (χ1v) is 7.62. The standard InChI is InChI=1S/C16H23ClN2O2/c1-11(12-6-5-7-13(17)8-12)18-14-9-19(10-14)15(20)21-16(2,3)4/h5-8,11,14,18H,9-10H2,1-4H3/t11-/m0/s1. The molecule has 0 aromatic heterocycles. The van der Waals surface area contributed by atoms with E-state index in [9.17, 15) is 4.79 Å². The van der Waals surface area contributed by atoms with Crippen LogP contribution < -0.4 is 5.32 Å². The number of nitrogens with zero attached hydrogens (tertiary/aromatic N) is 1. The van der Waals surface area contributed by atoms with Gasteiger partial charge in [0.1, 0.15) is 5.60 Å². The highest BCUT2D eigenvalue weighted by atomic mass is 35.5. The Morgan fingerprint density at radius 1 is 1.43 bits per heavy atom. The number of carbonyl (C=O) groups excluding carboxylic acids is 1. The van der Waals surface area contributed by atoms with Crippen LogP contribution in [0.4, 0.5) is 4.79 Å². The van der Waals surface area contributed by atoms with Crippen LogP contribution in [-0.4, -0.2) is 35.7 Å². The second kappa shape index (κ2) is 6.24. The molecule has 2 rings (SSSR count). The van der Waals surface area contributed by atoms with Gasteiger partial charge in [-0.3, -0.25) is 0 Å². The predicted molar refractivity (Wildman–Crippen MR) is 84.6 cm³/mol. The molecule has 0 aliphatic carbocycles. The van der Waals surface area contributed by atoms with Crippen molar-refractivity contribution in [2.75, 3.05) is 13.1 Å².